The number of nitriles is 1. The fraction of sp³-hybridized carbons (Fsp3) is 0.414. The molecule has 1 aliphatic rings. The molecule has 4 heterocycles. The molecule has 0 radical (unpaired) electrons. The Morgan fingerprint density at radius 3 is 2.67 bits per heavy atom. The van der Waals surface area contributed by atoms with Gasteiger partial charge in [0.25, 0.3) is 0 Å². The Morgan fingerprint density at radius 1 is 1.13 bits per heavy atom. The zero-order chi connectivity index (χ0) is 27.4. The monoisotopic (exact) mass is 535 g/mol. The number of halogens is 3. The van der Waals surface area contributed by atoms with Crippen LogP contribution in [0, 0.1) is 18.3 Å². The predicted molar refractivity (Wildman–Crippen MR) is 144 cm³/mol. The number of H-pyrrole nitrogens is 1. The van der Waals surface area contributed by atoms with Gasteiger partial charge in [-0.2, -0.15) is 23.5 Å². The van der Waals surface area contributed by atoms with Crippen molar-refractivity contribution in [1.29, 1.82) is 5.26 Å². The lowest BCUT2D eigenvalue weighted by Gasteiger charge is -2.33. The molecule has 10 heteroatoms. The van der Waals surface area contributed by atoms with Crippen molar-refractivity contribution in [2.75, 3.05) is 18.4 Å². The minimum Gasteiger partial charge on any atom is -0.382 e. The number of rotatable bonds is 9. The minimum absolute atomic E-state index is 0.0641. The van der Waals surface area contributed by atoms with Gasteiger partial charge in [-0.15, -0.1) is 0 Å². The molecule has 0 bridgehead atoms. The molecule has 0 unspecified atom stereocenters. The van der Waals surface area contributed by atoms with Gasteiger partial charge >= 0.3 is 6.18 Å². The molecule has 2 N–H and O–H groups in total. The van der Waals surface area contributed by atoms with E-state index in [2.05, 4.69) is 50.5 Å². The molecule has 0 spiro atoms. The van der Waals surface area contributed by atoms with Crippen LogP contribution >= 0.6 is 0 Å². The second-order valence-electron chi connectivity index (χ2n) is 10.3. The fourth-order valence-electron chi connectivity index (χ4n) is 5.44. The lowest BCUT2D eigenvalue weighted by atomic mass is 10.00. The number of nitrogens with zero attached hydrogens (tertiary/aromatic N) is 5. The molecular weight excluding hydrogens is 503 g/mol. The van der Waals surface area contributed by atoms with Gasteiger partial charge in [0.05, 0.1) is 12.7 Å². The molecular formula is C29H32F3N7. The summed E-state index contributed by atoms with van der Waals surface area (Å²) in [7, 11) is 0. The van der Waals surface area contributed by atoms with E-state index in [9.17, 15) is 18.4 Å². The molecule has 1 fully saturated rings. The van der Waals surface area contributed by atoms with E-state index in [0.29, 0.717) is 18.7 Å². The molecule has 1 saturated heterocycles. The first-order chi connectivity index (χ1) is 18.8. The maximum Gasteiger partial charge on any atom is 0.389 e. The number of piperidine rings is 1. The molecule has 1 aliphatic heterocycles. The molecule has 0 amide bonds. The Balaban J connectivity index is 1.20. The van der Waals surface area contributed by atoms with Gasteiger partial charge in [0.2, 0.25) is 0 Å². The zero-order valence-electron chi connectivity index (χ0n) is 21.9. The number of nitrogens with one attached hydrogen (secondary N) is 2. The summed E-state index contributed by atoms with van der Waals surface area (Å²) in [4.78, 5) is 6.56. The number of aromatic amines is 1. The second kappa shape index (κ2) is 11.5. The van der Waals surface area contributed by atoms with Gasteiger partial charge in [0, 0.05) is 72.8 Å². The van der Waals surface area contributed by atoms with Crippen molar-refractivity contribution in [3.05, 3.63) is 77.0 Å². The van der Waals surface area contributed by atoms with Crippen LogP contribution in [0.3, 0.4) is 0 Å². The van der Waals surface area contributed by atoms with E-state index in [0.717, 1.165) is 60.2 Å². The van der Waals surface area contributed by atoms with Crippen LogP contribution in [0.5, 0.6) is 0 Å². The number of benzene rings is 1. The number of pyridine rings is 1. The second-order valence-corrected chi connectivity index (χ2v) is 10.3. The largest absolute Gasteiger partial charge is 0.389 e. The van der Waals surface area contributed by atoms with Crippen molar-refractivity contribution in [3.63, 3.8) is 0 Å². The molecule has 1 aromatic carbocycles. The van der Waals surface area contributed by atoms with Gasteiger partial charge in [-0.1, -0.05) is 6.07 Å². The average Bonchev–Trinajstić information content (AvgIpc) is 3.56. The smallest absolute Gasteiger partial charge is 0.382 e. The average molecular weight is 536 g/mol. The summed E-state index contributed by atoms with van der Waals surface area (Å²) < 4.78 is 39.8. The third-order valence-corrected chi connectivity index (χ3v) is 7.63. The van der Waals surface area contributed by atoms with E-state index < -0.39 is 12.6 Å². The van der Waals surface area contributed by atoms with Crippen LogP contribution in [-0.4, -0.2) is 50.0 Å². The maximum atomic E-state index is 12.6. The van der Waals surface area contributed by atoms with E-state index in [1.165, 1.54) is 11.1 Å². The van der Waals surface area contributed by atoms with Crippen molar-refractivity contribution in [2.45, 2.75) is 64.3 Å². The Labute approximate surface area is 225 Å². The van der Waals surface area contributed by atoms with Gasteiger partial charge in [-0.25, -0.2) is 0 Å². The van der Waals surface area contributed by atoms with Crippen molar-refractivity contribution in [1.82, 2.24) is 24.6 Å². The molecule has 5 rings (SSSR count). The summed E-state index contributed by atoms with van der Waals surface area (Å²) in [6.45, 7) is 5.40. The first-order valence-corrected chi connectivity index (χ1v) is 13.3. The number of anilines is 1. The van der Waals surface area contributed by atoms with Crippen LogP contribution in [0.4, 0.5) is 18.9 Å². The van der Waals surface area contributed by atoms with Gasteiger partial charge in [-0.05, 0) is 67.5 Å². The quantitative estimate of drug-likeness (QED) is 0.277. The van der Waals surface area contributed by atoms with Crippen molar-refractivity contribution >= 4 is 16.6 Å². The summed E-state index contributed by atoms with van der Waals surface area (Å²) in [5, 5.41) is 21.2. The molecule has 39 heavy (non-hydrogen) atoms. The third kappa shape index (κ3) is 6.42. The SMILES string of the molecule is Cc1c(CN2CCC(Nc3ccncc3CCCC(F)(F)F)CC2)ccc2c1cc(C#N)n2Cc1cn[nH]c1. The molecule has 7 nitrogen and oxygen atoms in total. The highest BCUT2D eigenvalue weighted by Crippen LogP contribution is 2.29. The van der Waals surface area contributed by atoms with Crippen LogP contribution in [0.1, 0.15) is 53.6 Å². The summed E-state index contributed by atoms with van der Waals surface area (Å²) in [6, 6.07) is 10.7. The van der Waals surface area contributed by atoms with Gasteiger partial charge < -0.3 is 9.88 Å². The maximum absolute atomic E-state index is 12.6. The number of aromatic nitrogens is 4. The van der Waals surface area contributed by atoms with E-state index >= 15 is 0 Å². The van der Waals surface area contributed by atoms with Crippen LogP contribution in [0.15, 0.2) is 49.1 Å². The zero-order valence-corrected chi connectivity index (χ0v) is 21.9. The molecule has 3 aromatic heterocycles. The number of likely N-dealkylation sites (tertiary alicyclic amines) is 1. The van der Waals surface area contributed by atoms with Crippen molar-refractivity contribution in [3.8, 4) is 6.07 Å². The van der Waals surface area contributed by atoms with Crippen molar-refractivity contribution in [2.24, 2.45) is 0 Å². The topological polar surface area (TPSA) is 85.6 Å². The van der Waals surface area contributed by atoms with Gasteiger partial charge in [0.1, 0.15) is 11.8 Å². The number of aryl methyl sites for hydroxylation is 2. The van der Waals surface area contributed by atoms with Crippen LogP contribution in [-0.2, 0) is 19.5 Å². The van der Waals surface area contributed by atoms with E-state index in [1.54, 1.807) is 18.6 Å². The molecule has 0 aliphatic carbocycles. The molecule has 0 atom stereocenters. The normalized spacial score (nSPS) is 15.1. The summed E-state index contributed by atoms with van der Waals surface area (Å²) in [6.07, 6.45) is 4.38. The molecule has 204 valence electrons. The van der Waals surface area contributed by atoms with E-state index in [4.69, 9.17) is 0 Å². The molecule has 4 aromatic rings. The van der Waals surface area contributed by atoms with Crippen LogP contribution < -0.4 is 5.32 Å². The standard InChI is InChI=1S/C29H32F3N7/c1-20-23(4-5-28-26(20)13-25(14-33)39(28)18-21-15-35-36-16-21)19-38-11-7-24(8-12-38)37-27-6-10-34-17-22(27)3-2-9-29(30,31)32/h4-6,10,13,15-17,24H,2-3,7-9,11-12,18-19H2,1H3,(H,34,37)(H,35,36). The number of hydrogen-bond acceptors (Lipinski definition) is 5. The highest BCUT2D eigenvalue weighted by molar-refractivity contribution is 5.86. The minimum atomic E-state index is -4.13. The van der Waals surface area contributed by atoms with Crippen molar-refractivity contribution < 1.29 is 13.2 Å². The van der Waals surface area contributed by atoms with Crippen LogP contribution in [0.2, 0.25) is 0 Å². The van der Waals surface area contributed by atoms with E-state index in [-0.39, 0.29) is 12.5 Å². The lowest BCUT2D eigenvalue weighted by molar-refractivity contribution is -0.135. The Kier molecular flexibility index (Phi) is 7.89. The molecule has 0 saturated carbocycles. The van der Waals surface area contributed by atoms with Gasteiger partial charge in [-0.3, -0.25) is 15.0 Å². The van der Waals surface area contributed by atoms with E-state index in [1.807, 2.05) is 22.9 Å². The first kappa shape index (κ1) is 26.8. The Bertz CT molecular complexity index is 1440. The highest BCUT2D eigenvalue weighted by atomic mass is 19.4. The Hall–Kier alpha value is -3.84. The summed E-state index contributed by atoms with van der Waals surface area (Å²) in [5.74, 6) is 0. The summed E-state index contributed by atoms with van der Waals surface area (Å²) in [5.41, 5.74) is 6.86. The number of fused-ring (bicyclic) bond motifs is 1. The number of alkyl halides is 3. The van der Waals surface area contributed by atoms with Crippen LogP contribution in [0.25, 0.3) is 10.9 Å². The lowest BCUT2D eigenvalue weighted by Crippen LogP contribution is -2.38. The third-order valence-electron chi connectivity index (χ3n) is 7.63. The Morgan fingerprint density at radius 2 is 1.95 bits per heavy atom. The highest BCUT2D eigenvalue weighted by Gasteiger charge is 2.26. The first-order valence-electron chi connectivity index (χ1n) is 13.3. The summed E-state index contributed by atoms with van der Waals surface area (Å²) >= 11 is 0. The fourth-order valence-corrected chi connectivity index (χ4v) is 5.44. The number of hydrogen-bond donors (Lipinski definition) is 2. The van der Waals surface area contributed by atoms with Gasteiger partial charge in [0.15, 0.2) is 0 Å². The predicted octanol–water partition coefficient (Wildman–Crippen LogP) is 5.95.